The van der Waals surface area contributed by atoms with Gasteiger partial charge in [-0.25, -0.2) is 0 Å². The molecule has 3 rings (SSSR count). The van der Waals surface area contributed by atoms with Crippen LogP contribution in [0.15, 0.2) is 17.1 Å². The molecule has 0 atom stereocenters. The molecule has 4 heteroatoms. The second kappa shape index (κ2) is 3.52. The van der Waals surface area contributed by atoms with Crippen molar-refractivity contribution in [2.45, 2.75) is 26.3 Å². The van der Waals surface area contributed by atoms with Gasteiger partial charge in [-0.2, -0.15) is 0 Å². The van der Waals surface area contributed by atoms with Crippen LogP contribution in [0.3, 0.4) is 0 Å². The van der Waals surface area contributed by atoms with E-state index in [1.54, 1.807) is 6.20 Å². The van der Waals surface area contributed by atoms with Crippen molar-refractivity contribution >= 4 is 17.2 Å². The van der Waals surface area contributed by atoms with E-state index in [4.69, 9.17) is 0 Å². The summed E-state index contributed by atoms with van der Waals surface area (Å²) in [5.41, 5.74) is 2.79. The molecule has 0 unspecified atom stereocenters. The lowest BCUT2D eigenvalue weighted by Crippen LogP contribution is -2.17. The smallest absolute Gasteiger partial charge is 0.201 e. The van der Waals surface area contributed by atoms with Gasteiger partial charge in [0.25, 0.3) is 0 Å². The average molecular weight is 228 g/mol. The summed E-state index contributed by atoms with van der Waals surface area (Å²) in [6, 6.07) is 1.92. The van der Waals surface area contributed by atoms with Gasteiger partial charge in [-0.05, 0) is 25.8 Å². The Labute approximate surface area is 97.9 Å². The number of rotatable bonds is 1. The Morgan fingerprint density at radius 2 is 2.29 bits per heavy atom. The number of aryl methyl sites for hydroxylation is 2. The summed E-state index contributed by atoms with van der Waals surface area (Å²) < 4.78 is 2.08. The Hall–Kier alpha value is -1.97. The van der Waals surface area contributed by atoms with Crippen molar-refractivity contribution < 1.29 is 4.79 Å². The number of carbonyl (C=O) groups excluding carboxylic acids is 1. The Kier molecular flexibility index (Phi) is 2.11. The molecule has 0 spiro atoms. The first-order valence-corrected chi connectivity index (χ1v) is 5.69. The summed E-state index contributed by atoms with van der Waals surface area (Å²) in [5.74, 6) is 0. The number of hydrogen-bond acceptors (Lipinski definition) is 3. The minimum Gasteiger partial charge on any atom is -0.344 e. The maximum absolute atomic E-state index is 12.1. The molecule has 0 fully saturated rings. The predicted octanol–water partition coefficient (Wildman–Crippen LogP) is 1.46. The maximum Gasteiger partial charge on any atom is 0.201 e. The standard InChI is InChI=1S/C13H12N2O2/c1-8-5-12-9(6-14-8)13(17)10(7-16)11-3-2-4-15(11)12/h5-7H,2-4H2,1H3. The molecule has 17 heavy (non-hydrogen) atoms. The number of hydrogen-bond donors (Lipinski definition) is 0. The van der Waals surface area contributed by atoms with Gasteiger partial charge >= 0.3 is 0 Å². The Morgan fingerprint density at radius 3 is 3.06 bits per heavy atom. The van der Waals surface area contributed by atoms with Crippen molar-refractivity contribution in [2.75, 3.05) is 0 Å². The van der Waals surface area contributed by atoms with Crippen LogP contribution in [0.25, 0.3) is 10.9 Å². The van der Waals surface area contributed by atoms with Crippen LogP contribution in [0.1, 0.15) is 28.2 Å². The number of pyridine rings is 2. The van der Waals surface area contributed by atoms with Crippen molar-refractivity contribution in [1.29, 1.82) is 0 Å². The third-order valence-electron chi connectivity index (χ3n) is 3.35. The van der Waals surface area contributed by atoms with E-state index in [1.165, 1.54) is 0 Å². The highest BCUT2D eigenvalue weighted by atomic mass is 16.1. The highest BCUT2D eigenvalue weighted by Crippen LogP contribution is 2.22. The van der Waals surface area contributed by atoms with Crippen LogP contribution in [0.2, 0.25) is 0 Å². The highest BCUT2D eigenvalue weighted by Gasteiger charge is 2.20. The first-order valence-electron chi connectivity index (χ1n) is 5.69. The van der Waals surface area contributed by atoms with Gasteiger partial charge in [0.1, 0.15) is 0 Å². The topological polar surface area (TPSA) is 52.0 Å². The quantitative estimate of drug-likeness (QED) is 0.694. The largest absolute Gasteiger partial charge is 0.344 e. The fraction of sp³-hybridized carbons (Fsp3) is 0.308. The summed E-state index contributed by atoms with van der Waals surface area (Å²) in [6.45, 7) is 2.77. The number of aromatic nitrogens is 2. The fourth-order valence-corrected chi connectivity index (χ4v) is 2.56. The minimum absolute atomic E-state index is 0.185. The normalized spacial score (nSPS) is 13.9. The summed E-state index contributed by atoms with van der Waals surface area (Å²) in [4.78, 5) is 27.3. The number of aldehydes is 1. The maximum atomic E-state index is 12.1. The first-order chi connectivity index (χ1) is 8.22. The first kappa shape index (κ1) is 10.2. The Balaban J connectivity index is 2.55. The summed E-state index contributed by atoms with van der Waals surface area (Å²) in [5, 5.41) is 0.545. The van der Waals surface area contributed by atoms with Crippen LogP contribution in [0.4, 0.5) is 0 Å². The van der Waals surface area contributed by atoms with Gasteiger partial charge in [-0.1, -0.05) is 0 Å². The molecule has 0 saturated carbocycles. The van der Waals surface area contributed by atoms with Crippen LogP contribution < -0.4 is 5.43 Å². The molecule has 86 valence electrons. The number of nitrogens with zero attached hydrogens (tertiary/aromatic N) is 2. The Morgan fingerprint density at radius 1 is 1.47 bits per heavy atom. The zero-order chi connectivity index (χ0) is 12.0. The monoisotopic (exact) mass is 228 g/mol. The molecule has 0 amide bonds. The van der Waals surface area contributed by atoms with E-state index < -0.39 is 0 Å². The predicted molar refractivity (Wildman–Crippen MR) is 64.4 cm³/mol. The molecule has 4 nitrogen and oxygen atoms in total. The third kappa shape index (κ3) is 1.33. The molecule has 0 radical (unpaired) electrons. The molecule has 2 aromatic heterocycles. The zero-order valence-corrected chi connectivity index (χ0v) is 9.56. The lowest BCUT2D eigenvalue weighted by Gasteiger charge is -2.11. The van der Waals surface area contributed by atoms with E-state index in [2.05, 4.69) is 9.55 Å². The molecule has 0 bridgehead atoms. The fourth-order valence-electron chi connectivity index (χ4n) is 2.56. The highest BCUT2D eigenvalue weighted by molar-refractivity contribution is 5.87. The van der Waals surface area contributed by atoms with Gasteiger partial charge in [0.2, 0.25) is 5.43 Å². The Bertz CT molecular complexity index is 686. The molecule has 0 aliphatic carbocycles. The summed E-state index contributed by atoms with van der Waals surface area (Å²) in [7, 11) is 0. The minimum atomic E-state index is -0.185. The lowest BCUT2D eigenvalue weighted by molar-refractivity contribution is 0.112. The van der Waals surface area contributed by atoms with Gasteiger partial charge in [-0.3, -0.25) is 14.6 Å². The van der Waals surface area contributed by atoms with Crippen molar-refractivity contribution in [3.8, 4) is 0 Å². The second-order valence-electron chi connectivity index (χ2n) is 4.41. The van der Waals surface area contributed by atoms with Gasteiger partial charge in [0.05, 0.1) is 16.5 Å². The van der Waals surface area contributed by atoms with Crippen molar-refractivity contribution in [2.24, 2.45) is 0 Å². The van der Waals surface area contributed by atoms with Crippen LogP contribution in [0.5, 0.6) is 0 Å². The van der Waals surface area contributed by atoms with Gasteiger partial charge in [0, 0.05) is 24.1 Å². The molecule has 0 saturated heterocycles. The molecule has 1 aliphatic rings. The van der Waals surface area contributed by atoms with E-state index >= 15 is 0 Å². The second-order valence-corrected chi connectivity index (χ2v) is 4.41. The van der Waals surface area contributed by atoms with Crippen molar-refractivity contribution in [3.63, 3.8) is 0 Å². The molecular formula is C13H12N2O2. The van der Waals surface area contributed by atoms with E-state index in [0.29, 0.717) is 17.2 Å². The summed E-state index contributed by atoms with van der Waals surface area (Å²) in [6.07, 6.45) is 4.05. The van der Waals surface area contributed by atoms with Crippen molar-refractivity contribution in [3.05, 3.63) is 39.4 Å². The third-order valence-corrected chi connectivity index (χ3v) is 3.35. The van der Waals surface area contributed by atoms with Crippen LogP contribution in [-0.4, -0.2) is 15.8 Å². The number of fused-ring (bicyclic) bond motifs is 3. The zero-order valence-electron chi connectivity index (χ0n) is 9.56. The molecule has 3 heterocycles. The van der Waals surface area contributed by atoms with Crippen molar-refractivity contribution in [1.82, 2.24) is 9.55 Å². The van der Waals surface area contributed by atoms with Gasteiger partial charge in [0.15, 0.2) is 6.29 Å². The number of carbonyl (C=O) groups is 1. The SMILES string of the molecule is Cc1cc2c(cn1)c(=O)c(C=O)c1n2CCC1. The van der Waals surface area contributed by atoms with E-state index in [9.17, 15) is 9.59 Å². The molecular weight excluding hydrogens is 216 g/mol. The van der Waals surface area contributed by atoms with Crippen LogP contribution >= 0.6 is 0 Å². The van der Waals surface area contributed by atoms with E-state index in [1.807, 2.05) is 13.0 Å². The van der Waals surface area contributed by atoms with E-state index in [0.717, 1.165) is 36.3 Å². The van der Waals surface area contributed by atoms with Crippen LogP contribution in [0, 0.1) is 6.92 Å². The van der Waals surface area contributed by atoms with E-state index in [-0.39, 0.29) is 5.43 Å². The average Bonchev–Trinajstić information content (AvgIpc) is 2.78. The molecule has 0 N–H and O–H groups in total. The van der Waals surface area contributed by atoms with Crippen LogP contribution in [-0.2, 0) is 13.0 Å². The lowest BCUT2D eigenvalue weighted by atomic mass is 10.1. The van der Waals surface area contributed by atoms with Gasteiger partial charge in [-0.15, -0.1) is 0 Å². The molecule has 1 aliphatic heterocycles. The molecule has 2 aromatic rings. The van der Waals surface area contributed by atoms with Gasteiger partial charge < -0.3 is 4.57 Å². The molecule has 0 aromatic carbocycles. The summed E-state index contributed by atoms with van der Waals surface area (Å²) >= 11 is 0.